The molecular formula is C22H28N2O2. The van der Waals surface area contributed by atoms with Gasteiger partial charge in [-0.3, -0.25) is 0 Å². The third-order valence-corrected chi connectivity index (χ3v) is 4.61. The Hall–Kier alpha value is -2.49. The SMILES string of the molecule is CC(C)(C)CCNC(=O)Oc1ccc2c(c1)CCN2Cc1ccccc1. The molecule has 3 rings (SSSR count). The second-order valence-corrected chi connectivity index (χ2v) is 8.07. The van der Waals surface area contributed by atoms with Gasteiger partial charge in [-0.05, 0) is 47.6 Å². The second kappa shape index (κ2) is 7.81. The maximum absolute atomic E-state index is 12.0. The van der Waals surface area contributed by atoms with Crippen LogP contribution in [0, 0.1) is 5.41 Å². The van der Waals surface area contributed by atoms with Crippen molar-refractivity contribution < 1.29 is 9.53 Å². The van der Waals surface area contributed by atoms with Crippen molar-refractivity contribution in [2.75, 3.05) is 18.0 Å². The van der Waals surface area contributed by atoms with E-state index in [1.807, 2.05) is 18.2 Å². The van der Waals surface area contributed by atoms with Crippen LogP contribution in [0.25, 0.3) is 0 Å². The van der Waals surface area contributed by atoms with Crippen molar-refractivity contribution in [1.29, 1.82) is 0 Å². The van der Waals surface area contributed by atoms with Gasteiger partial charge in [0.15, 0.2) is 0 Å². The molecule has 0 spiro atoms. The number of fused-ring (bicyclic) bond motifs is 1. The van der Waals surface area contributed by atoms with Gasteiger partial charge in [-0.2, -0.15) is 0 Å². The maximum Gasteiger partial charge on any atom is 0.412 e. The molecule has 1 heterocycles. The molecule has 1 aliphatic heterocycles. The molecule has 0 fully saturated rings. The first-order valence-electron chi connectivity index (χ1n) is 9.28. The summed E-state index contributed by atoms with van der Waals surface area (Å²) in [5, 5.41) is 2.83. The fourth-order valence-electron chi connectivity index (χ4n) is 3.16. The predicted molar refractivity (Wildman–Crippen MR) is 106 cm³/mol. The van der Waals surface area contributed by atoms with E-state index in [1.54, 1.807) is 0 Å². The number of amides is 1. The fraction of sp³-hybridized carbons (Fsp3) is 0.409. The largest absolute Gasteiger partial charge is 0.412 e. The molecular weight excluding hydrogens is 324 g/mol. The Bertz CT molecular complexity index is 750. The molecule has 0 saturated heterocycles. The number of rotatable bonds is 5. The normalized spacial score (nSPS) is 13.4. The van der Waals surface area contributed by atoms with Crippen LogP contribution in [0.5, 0.6) is 5.75 Å². The number of anilines is 1. The zero-order valence-corrected chi connectivity index (χ0v) is 15.9. The lowest BCUT2D eigenvalue weighted by Gasteiger charge is -2.20. The quantitative estimate of drug-likeness (QED) is 0.842. The summed E-state index contributed by atoms with van der Waals surface area (Å²) >= 11 is 0. The highest BCUT2D eigenvalue weighted by Gasteiger charge is 2.20. The minimum absolute atomic E-state index is 0.197. The highest BCUT2D eigenvalue weighted by molar-refractivity contribution is 5.71. The lowest BCUT2D eigenvalue weighted by molar-refractivity contribution is 0.198. The predicted octanol–water partition coefficient (Wildman–Crippen LogP) is 4.77. The van der Waals surface area contributed by atoms with E-state index in [0.29, 0.717) is 12.3 Å². The number of carbonyl (C=O) groups excluding carboxylic acids is 1. The summed E-state index contributed by atoms with van der Waals surface area (Å²) in [6.07, 6.45) is 1.51. The molecule has 1 amide bonds. The number of ether oxygens (including phenoxy) is 1. The van der Waals surface area contributed by atoms with Crippen molar-refractivity contribution in [3.63, 3.8) is 0 Å². The molecule has 1 N–H and O–H groups in total. The summed E-state index contributed by atoms with van der Waals surface area (Å²) in [6, 6.07) is 16.4. The molecule has 4 heteroatoms. The molecule has 2 aromatic carbocycles. The zero-order chi connectivity index (χ0) is 18.6. The van der Waals surface area contributed by atoms with Crippen LogP contribution in [0.1, 0.15) is 38.3 Å². The first kappa shape index (κ1) is 18.3. The number of nitrogens with one attached hydrogen (secondary N) is 1. The summed E-state index contributed by atoms with van der Waals surface area (Å²) < 4.78 is 5.44. The van der Waals surface area contributed by atoms with Gasteiger partial charge in [0.2, 0.25) is 0 Å². The van der Waals surface area contributed by atoms with Crippen molar-refractivity contribution in [3.05, 3.63) is 59.7 Å². The van der Waals surface area contributed by atoms with Crippen LogP contribution in [0.4, 0.5) is 10.5 Å². The van der Waals surface area contributed by atoms with Crippen LogP contribution in [-0.2, 0) is 13.0 Å². The van der Waals surface area contributed by atoms with Crippen LogP contribution >= 0.6 is 0 Å². The van der Waals surface area contributed by atoms with E-state index < -0.39 is 0 Å². The van der Waals surface area contributed by atoms with Crippen LogP contribution in [0.15, 0.2) is 48.5 Å². The molecule has 0 atom stereocenters. The first-order valence-corrected chi connectivity index (χ1v) is 9.28. The number of nitrogens with zero attached hydrogens (tertiary/aromatic N) is 1. The fourth-order valence-corrected chi connectivity index (χ4v) is 3.16. The van der Waals surface area contributed by atoms with Crippen molar-refractivity contribution in [1.82, 2.24) is 5.32 Å². The summed E-state index contributed by atoms with van der Waals surface area (Å²) in [4.78, 5) is 14.3. The molecule has 0 radical (unpaired) electrons. The van der Waals surface area contributed by atoms with Gasteiger partial charge in [-0.1, -0.05) is 51.1 Å². The molecule has 0 unspecified atom stereocenters. The van der Waals surface area contributed by atoms with Gasteiger partial charge in [0.05, 0.1) is 0 Å². The van der Waals surface area contributed by atoms with Gasteiger partial charge in [-0.15, -0.1) is 0 Å². The Morgan fingerprint density at radius 3 is 2.65 bits per heavy atom. The summed E-state index contributed by atoms with van der Waals surface area (Å²) in [6.45, 7) is 8.98. The molecule has 1 aliphatic rings. The van der Waals surface area contributed by atoms with Crippen molar-refractivity contribution in [2.24, 2.45) is 5.41 Å². The molecule has 0 bridgehead atoms. The van der Waals surface area contributed by atoms with Crippen LogP contribution in [0.2, 0.25) is 0 Å². The summed E-state index contributed by atoms with van der Waals surface area (Å²) in [5.41, 5.74) is 3.97. The van der Waals surface area contributed by atoms with Gasteiger partial charge < -0.3 is 15.0 Å². The van der Waals surface area contributed by atoms with Gasteiger partial charge in [0.25, 0.3) is 0 Å². The van der Waals surface area contributed by atoms with E-state index in [0.717, 1.165) is 25.9 Å². The molecule has 26 heavy (non-hydrogen) atoms. The Labute approximate surface area is 156 Å². The van der Waals surface area contributed by atoms with E-state index in [2.05, 4.69) is 61.3 Å². The minimum atomic E-state index is -0.381. The minimum Gasteiger partial charge on any atom is -0.410 e. The third-order valence-electron chi connectivity index (χ3n) is 4.61. The Morgan fingerprint density at radius 2 is 1.92 bits per heavy atom. The Morgan fingerprint density at radius 1 is 1.15 bits per heavy atom. The van der Waals surface area contributed by atoms with Gasteiger partial charge in [0.1, 0.15) is 5.75 Å². The number of carbonyl (C=O) groups is 1. The average Bonchev–Trinajstić information content (AvgIpc) is 2.97. The van der Waals surface area contributed by atoms with E-state index in [1.165, 1.54) is 16.8 Å². The van der Waals surface area contributed by atoms with Gasteiger partial charge in [0, 0.05) is 25.3 Å². The smallest absolute Gasteiger partial charge is 0.410 e. The van der Waals surface area contributed by atoms with Crippen LogP contribution in [-0.4, -0.2) is 19.2 Å². The summed E-state index contributed by atoms with van der Waals surface area (Å²) in [5.74, 6) is 0.610. The molecule has 138 valence electrons. The van der Waals surface area contributed by atoms with Crippen molar-refractivity contribution in [3.8, 4) is 5.75 Å². The topological polar surface area (TPSA) is 41.6 Å². The maximum atomic E-state index is 12.0. The van der Waals surface area contributed by atoms with Crippen LogP contribution < -0.4 is 15.0 Å². The highest BCUT2D eigenvalue weighted by atomic mass is 16.6. The summed E-state index contributed by atoms with van der Waals surface area (Å²) in [7, 11) is 0. The Kier molecular flexibility index (Phi) is 5.50. The molecule has 2 aromatic rings. The van der Waals surface area contributed by atoms with E-state index in [4.69, 9.17) is 4.74 Å². The monoisotopic (exact) mass is 352 g/mol. The molecule has 0 aliphatic carbocycles. The highest BCUT2D eigenvalue weighted by Crippen LogP contribution is 2.32. The first-order chi connectivity index (χ1) is 12.4. The lowest BCUT2D eigenvalue weighted by atomic mass is 9.92. The van der Waals surface area contributed by atoms with Crippen molar-refractivity contribution >= 4 is 11.8 Å². The molecule has 4 nitrogen and oxygen atoms in total. The Balaban J connectivity index is 1.57. The number of benzene rings is 2. The van der Waals surface area contributed by atoms with Crippen LogP contribution in [0.3, 0.4) is 0 Å². The lowest BCUT2D eigenvalue weighted by Crippen LogP contribution is -2.29. The van der Waals surface area contributed by atoms with Crippen molar-refractivity contribution in [2.45, 2.75) is 40.2 Å². The second-order valence-electron chi connectivity index (χ2n) is 8.07. The molecule has 0 aromatic heterocycles. The van der Waals surface area contributed by atoms with Gasteiger partial charge in [-0.25, -0.2) is 4.79 Å². The van der Waals surface area contributed by atoms with E-state index >= 15 is 0 Å². The average molecular weight is 352 g/mol. The number of hydrogen-bond acceptors (Lipinski definition) is 3. The standard InChI is InChI=1S/C22H28N2O2/c1-22(2,3)12-13-23-21(25)26-19-9-10-20-18(15-19)11-14-24(20)16-17-7-5-4-6-8-17/h4-10,15H,11-14,16H2,1-3H3,(H,23,25). The molecule has 0 saturated carbocycles. The van der Waals surface area contributed by atoms with E-state index in [9.17, 15) is 4.79 Å². The number of hydrogen-bond donors (Lipinski definition) is 1. The zero-order valence-electron chi connectivity index (χ0n) is 15.9. The van der Waals surface area contributed by atoms with Gasteiger partial charge >= 0.3 is 6.09 Å². The third kappa shape index (κ3) is 5.01. The van der Waals surface area contributed by atoms with E-state index in [-0.39, 0.29) is 11.5 Å².